The van der Waals surface area contributed by atoms with Crippen LogP contribution in [0.4, 0.5) is 5.69 Å². The van der Waals surface area contributed by atoms with Crippen LogP contribution in [0, 0.1) is 0 Å². The molecule has 0 fully saturated rings. The number of benzene rings is 2. The number of carbonyl (C=O) groups is 3. The number of ether oxygens (including phenoxy) is 3. The van der Waals surface area contributed by atoms with E-state index in [1.807, 2.05) is 0 Å². The van der Waals surface area contributed by atoms with Crippen LogP contribution in [-0.2, 0) is 9.53 Å². The molecular formula is C18H13Cl2NO6. The molecule has 0 bridgehead atoms. The largest absolute Gasteiger partial charge is 0.454 e. The van der Waals surface area contributed by atoms with Gasteiger partial charge >= 0.3 is 5.97 Å². The van der Waals surface area contributed by atoms with E-state index in [1.54, 1.807) is 0 Å². The van der Waals surface area contributed by atoms with Crippen LogP contribution in [0.5, 0.6) is 11.5 Å². The molecule has 0 atom stereocenters. The van der Waals surface area contributed by atoms with Gasteiger partial charge in [-0.3, -0.25) is 9.59 Å². The van der Waals surface area contributed by atoms with Crippen LogP contribution in [0.25, 0.3) is 0 Å². The maximum absolute atomic E-state index is 12.1. The van der Waals surface area contributed by atoms with Gasteiger partial charge in [0.1, 0.15) is 0 Å². The number of Topliss-reactive ketones (excluding diaryl/α,β-unsaturated/α-hetero) is 1. The number of halogens is 2. The Morgan fingerprint density at radius 3 is 2.44 bits per heavy atom. The van der Waals surface area contributed by atoms with Crippen molar-refractivity contribution in [1.82, 2.24) is 0 Å². The van der Waals surface area contributed by atoms with Gasteiger partial charge in [0.15, 0.2) is 23.9 Å². The van der Waals surface area contributed by atoms with Crippen LogP contribution in [0.3, 0.4) is 0 Å². The van der Waals surface area contributed by atoms with Crippen LogP contribution in [0.1, 0.15) is 27.6 Å². The van der Waals surface area contributed by atoms with E-state index in [-0.39, 0.29) is 34.4 Å². The first-order valence-electron chi connectivity index (χ1n) is 7.72. The Labute approximate surface area is 164 Å². The van der Waals surface area contributed by atoms with Gasteiger partial charge in [-0.05, 0) is 31.2 Å². The number of esters is 1. The number of hydrogen-bond acceptors (Lipinski definition) is 6. The molecule has 2 aromatic carbocycles. The highest BCUT2D eigenvalue weighted by Crippen LogP contribution is 2.37. The minimum atomic E-state index is -0.735. The Morgan fingerprint density at radius 1 is 1.07 bits per heavy atom. The molecule has 0 saturated heterocycles. The number of anilines is 1. The smallest absolute Gasteiger partial charge is 0.338 e. The molecule has 1 heterocycles. The maximum atomic E-state index is 12.1. The van der Waals surface area contributed by atoms with Crippen LogP contribution >= 0.6 is 23.2 Å². The summed E-state index contributed by atoms with van der Waals surface area (Å²) in [6.07, 6.45) is 0. The molecule has 7 nitrogen and oxygen atoms in total. The van der Waals surface area contributed by atoms with E-state index < -0.39 is 18.5 Å². The van der Waals surface area contributed by atoms with Crippen molar-refractivity contribution in [1.29, 1.82) is 0 Å². The number of nitrogens with one attached hydrogen (secondary N) is 1. The van der Waals surface area contributed by atoms with Gasteiger partial charge in [-0.25, -0.2) is 4.79 Å². The topological polar surface area (TPSA) is 90.9 Å². The highest BCUT2D eigenvalue weighted by atomic mass is 35.5. The number of ketones is 1. The lowest BCUT2D eigenvalue weighted by Crippen LogP contribution is -2.22. The fraction of sp³-hybridized carbons (Fsp3) is 0.167. The van der Waals surface area contributed by atoms with Gasteiger partial charge in [0, 0.05) is 11.6 Å². The molecule has 0 aromatic heterocycles. The molecule has 9 heteroatoms. The van der Waals surface area contributed by atoms with E-state index >= 15 is 0 Å². The molecule has 0 unspecified atom stereocenters. The van der Waals surface area contributed by atoms with Crippen LogP contribution in [0.15, 0.2) is 30.3 Å². The lowest BCUT2D eigenvalue weighted by molar-refractivity contribution is -0.119. The monoisotopic (exact) mass is 409 g/mol. The number of carbonyl (C=O) groups excluding carboxylic acids is 3. The Bertz CT molecular complexity index is 944. The van der Waals surface area contributed by atoms with Crippen LogP contribution in [0.2, 0.25) is 10.0 Å². The lowest BCUT2D eigenvalue weighted by atomic mass is 10.1. The minimum Gasteiger partial charge on any atom is -0.454 e. The SMILES string of the molecule is CC(=O)c1cc2c(cc1NC(=O)COC(=O)c1ccc(Cl)c(Cl)c1)OCO2. The predicted octanol–water partition coefficient (Wildman–Crippen LogP) is 3.72. The summed E-state index contributed by atoms with van der Waals surface area (Å²) in [5.41, 5.74) is 0.649. The Morgan fingerprint density at radius 2 is 1.78 bits per heavy atom. The van der Waals surface area contributed by atoms with E-state index in [2.05, 4.69) is 5.32 Å². The Kier molecular flexibility index (Phi) is 5.53. The highest BCUT2D eigenvalue weighted by Gasteiger charge is 2.21. The van der Waals surface area contributed by atoms with E-state index in [0.29, 0.717) is 16.5 Å². The van der Waals surface area contributed by atoms with Crippen molar-refractivity contribution in [2.24, 2.45) is 0 Å². The Balaban J connectivity index is 1.66. The molecule has 1 N–H and O–H groups in total. The summed E-state index contributed by atoms with van der Waals surface area (Å²) >= 11 is 11.6. The van der Waals surface area contributed by atoms with Gasteiger partial charge in [0.25, 0.3) is 5.91 Å². The normalized spacial score (nSPS) is 11.8. The third kappa shape index (κ3) is 4.32. The zero-order valence-electron chi connectivity index (χ0n) is 14.0. The quantitative estimate of drug-likeness (QED) is 0.597. The first-order chi connectivity index (χ1) is 12.8. The summed E-state index contributed by atoms with van der Waals surface area (Å²) in [4.78, 5) is 35.9. The molecule has 1 amide bonds. The van der Waals surface area contributed by atoms with Crippen molar-refractivity contribution in [2.45, 2.75) is 6.92 Å². The fourth-order valence-corrected chi connectivity index (χ4v) is 2.66. The highest BCUT2D eigenvalue weighted by molar-refractivity contribution is 6.42. The summed E-state index contributed by atoms with van der Waals surface area (Å²) in [6.45, 7) is 0.841. The average Bonchev–Trinajstić information content (AvgIpc) is 3.08. The van der Waals surface area contributed by atoms with Crippen molar-refractivity contribution in [2.75, 3.05) is 18.7 Å². The van der Waals surface area contributed by atoms with Gasteiger partial charge in [0.05, 0.1) is 21.3 Å². The molecule has 27 heavy (non-hydrogen) atoms. The second-order valence-electron chi connectivity index (χ2n) is 5.56. The first-order valence-corrected chi connectivity index (χ1v) is 8.47. The number of hydrogen-bond donors (Lipinski definition) is 1. The van der Waals surface area contributed by atoms with Crippen LogP contribution < -0.4 is 14.8 Å². The van der Waals surface area contributed by atoms with Crippen molar-refractivity contribution in [3.63, 3.8) is 0 Å². The van der Waals surface area contributed by atoms with Gasteiger partial charge in [0.2, 0.25) is 6.79 Å². The van der Waals surface area contributed by atoms with Crippen molar-refractivity contribution in [3.8, 4) is 11.5 Å². The minimum absolute atomic E-state index is 0.0331. The van der Waals surface area contributed by atoms with Crippen molar-refractivity contribution < 1.29 is 28.6 Å². The molecule has 0 aliphatic carbocycles. The zero-order valence-corrected chi connectivity index (χ0v) is 15.5. The summed E-state index contributed by atoms with van der Waals surface area (Å²) < 4.78 is 15.4. The van der Waals surface area contributed by atoms with Crippen molar-refractivity contribution in [3.05, 3.63) is 51.5 Å². The average molecular weight is 410 g/mol. The summed E-state index contributed by atoms with van der Waals surface area (Å²) in [5, 5.41) is 3.02. The molecule has 1 aliphatic heterocycles. The van der Waals surface area contributed by atoms with Crippen molar-refractivity contribution >= 4 is 46.5 Å². The standard InChI is InChI=1S/C18H13Cl2NO6/c1-9(22)11-5-15-16(27-8-26-15)6-14(11)21-17(23)7-25-18(24)10-2-3-12(19)13(20)4-10/h2-6H,7-8H2,1H3,(H,21,23). The molecule has 3 rings (SSSR count). The number of rotatable bonds is 5. The second-order valence-corrected chi connectivity index (χ2v) is 6.37. The van der Waals surface area contributed by atoms with Gasteiger partial charge in [-0.1, -0.05) is 23.2 Å². The zero-order chi connectivity index (χ0) is 19.6. The third-order valence-electron chi connectivity index (χ3n) is 3.66. The summed E-state index contributed by atoms with van der Waals surface area (Å²) in [5.74, 6) is -0.797. The predicted molar refractivity (Wildman–Crippen MR) is 97.9 cm³/mol. The first kappa shape index (κ1) is 19.0. The molecule has 2 aromatic rings. The van der Waals surface area contributed by atoms with Gasteiger partial charge in [-0.15, -0.1) is 0 Å². The molecule has 0 radical (unpaired) electrons. The second kappa shape index (κ2) is 7.85. The van der Waals surface area contributed by atoms with Gasteiger partial charge < -0.3 is 19.5 Å². The molecule has 0 spiro atoms. The van der Waals surface area contributed by atoms with E-state index in [0.717, 1.165) is 0 Å². The van der Waals surface area contributed by atoms with Crippen LogP contribution in [-0.4, -0.2) is 31.1 Å². The van der Waals surface area contributed by atoms with Gasteiger partial charge in [-0.2, -0.15) is 0 Å². The maximum Gasteiger partial charge on any atom is 0.338 e. The summed E-state index contributed by atoms with van der Waals surface area (Å²) in [7, 11) is 0. The molecule has 1 aliphatic rings. The number of amides is 1. The summed E-state index contributed by atoms with van der Waals surface area (Å²) in [6, 6.07) is 7.20. The molecule has 140 valence electrons. The Hall–Kier alpha value is -2.77. The van der Waals surface area contributed by atoms with E-state index in [9.17, 15) is 14.4 Å². The fourth-order valence-electron chi connectivity index (χ4n) is 2.36. The molecule has 0 saturated carbocycles. The van der Waals surface area contributed by atoms with E-state index in [1.165, 1.54) is 37.3 Å². The van der Waals surface area contributed by atoms with E-state index in [4.69, 9.17) is 37.4 Å². The lowest BCUT2D eigenvalue weighted by Gasteiger charge is -2.11. The third-order valence-corrected chi connectivity index (χ3v) is 4.39. The molecular weight excluding hydrogens is 397 g/mol. The number of fused-ring (bicyclic) bond motifs is 1.